The van der Waals surface area contributed by atoms with Crippen LogP contribution >= 0.6 is 22.7 Å². The minimum Gasteiger partial charge on any atom is -0.383 e. The largest absolute Gasteiger partial charge is 0.383 e. The van der Waals surface area contributed by atoms with Crippen LogP contribution in [0, 0.1) is 0 Å². The van der Waals surface area contributed by atoms with Crippen molar-refractivity contribution in [2.24, 2.45) is 4.99 Å². The molecule has 1 unspecified atom stereocenters. The van der Waals surface area contributed by atoms with E-state index in [9.17, 15) is 5.11 Å². The molecule has 3 N–H and O–H groups in total. The van der Waals surface area contributed by atoms with E-state index in [4.69, 9.17) is 0 Å². The highest BCUT2D eigenvalue weighted by Crippen LogP contribution is 2.24. The summed E-state index contributed by atoms with van der Waals surface area (Å²) < 4.78 is 0. The molecule has 2 aromatic heterocycles. The smallest absolute Gasteiger partial charge is 0.191 e. The van der Waals surface area contributed by atoms with E-state index in [-0.39, 0.29) is 0 Å². The summed E-state index contributed by atoms with van der Waals surface area (Å²) >= 11 is 3.37. The molecule has 0 aliphatic carbocycles. The monoisotopic (exact) mass is 351 g/mol. The van der Waals surface area contributed by atoms with Gasteiger partial charge in [-0.1, -0.05) is 13.0 Å². The first-order valence-corrected chi connectivity index (χ1v) is 9.61. The Morgan fingerprint density at radius 1 is 1.22 bits per heavy atom. The molecule has 2 heterocycles. The van der Waals surface area contributed by atoms with Crippen molar-refractivity contribution in [2.75, 3.05) is 13.1 Å². The van der Waals surface area contributed by atoms with Crippen LogP contribution in [-0.2, 0) is 18.6 Å². The second-order valence-corrected chi connectivity index (χ2v) is 7.72. The number of thiophene rings is 2. The lowest BCUT2D eigenvalue weighted by atomic mass is 10.1. The Kier molecular flexibility index (Phi) is 6.62. The Bertz CT molecular complexity index is 618. The third-order valence-electron chi connectivity index (χ3n) is 3.46. The number of rotatable bonds is 7. The Morgan fingerprint density at radius 3 is 2.61 bits per heavy atom. The van der Waals surface area contributed by atoms with Crippen molar-refractivity contribution in [3.8, 4) is 0 Å². The van der Waals surface area contributed by atoms with Crippen molar-refractivity contribution < 1.29 is 5.11 Å². The summed E-state index contributed by atoms with van der Waals surface area (Å²) in [7, 11) is 0. The average molecular weight is 352 g/mol. The predicted octanol–water partition coefficient (Wildman–Crippen LogP) is 3.33. The molecule has 0 spiro atoms. The molecule has 0 saturated heterocycles. The molecule has 0 aliphatic rings. The minimum absolute atomic E-state index is 0.421. The zero-order valence-corrected chi connectivity index (χ0v) is 15.6. The molecule has 0 bridgehead atoms. The molecule has 1 atom stereocenters. The molecule has 0 saturated carbocycles. The van der Waals surface area contributed by atoms with Crippen LogP contribution < -0.4 is 10.6 Å². The number of aliphatic imine (C=N–C) groups is 1. The highest BCUT2D eigenvalue weighted by atomic mass is 32.1. The highest BCUT2D eigenvalue weighted by Gasteiger charge is 2.24. The van der Waals surface area contributed by atoms with Gasteiger partial charge in [-0.2, -0.15) is 0 Å². The van der Waals surface area contributed by atoms with Gasteiger partial charge in [0.1, 0.15) is 5.60 Å². The number of hydrogen-bond acceptors (Lipinski definition) is 4. The fraction of sp³-hybridized carbons (Fsp3) is 0.471. The standard InChI is InChI=1S/C17H25N3OS2/c1-4-13-8-9-14(23-13)11-19-16(18-5-2)20-12-17(3,21)15-7-6-10-22-15/h6-10,21H,4-5,11-12H2,1-3H3,(H2,18,19,20). The maximum absolute atomic E-state index is 10.6. The first kappa shape index (κ1) is 18.0. The maximum Gasteiger partial charge on any atom is 0.191 e. The summed E-state index contributed by atoms with van der Waals surface area (Å²) in [6.45, 7) is 7.89. The summed E-state index contributed by atoms with van der Waals surface area (Å²) in [4.78, 5) is 8.20. The summed E-state index contributed by atoms with van der Waals surface area (Å²) in [6.07, 6.45) is 1.07. The van der Waals surface area contributed by atoms with E-state index in [2.05, 4.69) is 34.7 Å². The Hall–Kier alpha value is -1.37. The zero-order chi connectivity index (χ0) is 16.7. The summed E-state index contributed by atoms with van der Waals surface area (Å²) in [5.74, 6) is 0.732. The van der Waals surface area contributed by atoms with Gasteiger partial charge in [0, 0.05) is 21.2 Å². The molecule has 0 radical (unpaired) electrons. The van der Waals surface area contributed by atoms with E-state index >= 15 is 0 Å². The number of guanidine groups is 1. The number of hydrogen-bond donors (Lipinski definition) is 3. The van der Waals surface area contributed by atoms with Crippen LogP contribution in [0.5, 0.6) is 0 Å². The number of nitrogens with one attached hydrogen (secondary N) is 2. The highest BCUT2D eigenvalue weighted by molar-refractivity contribution is 7.12. The molecule has 0 amide bonds. The molecule has 23 heavy (non-hydrogen) atoms. The second-order valence-electron chi connectivity index (χ2n) is 5.52. The van der Waals surface area contributed by atoms with Gasteiger partial charge in [0.25, 0.3) is 0 Å². The first-order chi connectivity index (χ1) is 11.0. The fourth-order valence-electron chi connectivity index (χ4n) is 2.12. The SMILES string of the molecule is CCNC(=NCc1ccc(CC)s1)NCC(C)(O)c1cccs1. The quantitative estimate of drug-likeness (QED) is 0.530. The minimum atomic E-state index is -0.900. The summed E-state index contributed by atoms with van der Waals surface area (Å²) in [6, 6.07) is 8.21. The van der Waals surface area contributed by atoms with Gasteiger partial charge in [0.05, 0.1) is 13.1 Å². The molecule has 2 rings (SSSR count). The van der Waals surface area contributed by atoms with Crippen LogP contribution in [0.4, 0.5) is 0 Å². The van der Waals surface area contributed by atoms with Crippen molar-refractivity contribution in [3.63, 3.8) is 0 Å². The normalized spacial score (nSPS) is 14.5. The van der Waals surface area contributed by atoms with Crippen LogP contribution in [0.15, 0.2) is 34.6 Å². The molecule has 6 heteroatoms. The van der Waals surface area contributed by atoms with Crippen LogP contribution in [0.1, 0.15) is 35.4 Å². The molecule has 0 fully saturated rings. The van der Waals surface area contributed by atoms with Crippen LogP contribution in [-0.4, -0.2) is 24.2 Å². The lowest BCUT2D eigenvalue weighted by Crippen LogP contribution is -2.44. The Morgan fingerprint density at radius 2 is 2.00 bits per heavy atom. The van der Waals surface area contributed by atoms with Crippen LogP contribution in [0.2, 0.25) is 0 Å². The van der Waals surface area contributed by atoms with E-state index in [1.807, 2.05) is 31.4 Å². The average Bonchev–Trinajstić information content (AvgIpc) is 3.21. The second kappa shape index (κ2) is 8.47. The van der Waals surface area contributed by atoms with Crippen LogP contribution in [0.3, 0.4) is 0 Å². The Balaban J connectivity index is 1.96. The summed E-state index contributed by atoms with van der Waals surface area (Å²) in [5.41, 5.74) is -0.900. The van der Waals surface area contributed by atoms with Gasteiger partial charge in [-0.15, -0.1) is 22.7 Å². The van der Waals surface area contributed by atoms with Gasteiger partial charge in [-0.25, -0.2) is 4.99 Å². The van der Waals surface area contributed by atoms with Gasteiger partial charge in [0.15, 0.2) is 5.96 Å². The number of aryl methyl sites for hydroxylation is 1. The number of nitrogens with zero attached hydrogens (tertiary/aromatic N) is 1. The third-order valence-corrected chi connectivity index (χ3v) is 5.79. The van der Waals surface area contributed by atoms with Gasteiger partial charge in [0.2, 0.25) is 0 Å². The van der Waals surface area contributed by atoms with Crippen molar-refractivity contribution in [1.82, 2.24) is 10.6 Å². The first-order valence-electron chi connectivity index (χ1n) is 7.91. The molecule has 0 aromatic carbocycles. The lowest BCUT2D eigenvalue weighted by molar-refractivity contribution is 0.0655. The van der Waals surface area contributed by atoms with Gasteiger partial charge >= 0.3 is 0 Å². The maximum atomic E-state index is 10.6. The van der Waals surface area contributed by atoms with Crippen molar-refractivity contribution in [2.45, 2.75) is 39.3 Å². The predicted molar refractivity (Wildman–Crippen MR) is 100 cm³/mol. The van der Waals surface area contributed by atoms with Gasteiger partial charge in [-0.3, -0.25) is 0 Å². The van der Waals surface area contributed by atoms with Crippen molar-refractivity contribution in [3.05, 3.63) is 44.3 Å². The van der Waals surface area contributed by atoms with Gasteiger partial charge < -0.3 is 15.7 Å². The van der Waals surface area contributed by atoms with E-state index in [0.29, 0.717) is 13.1 Å². The van der Waals surface area contributed by atoms with Crippen molar-refractivity contribution in [1.29, 1.82) is 0 Å². The zero-order valence-electron chi connectivity index (χ0n) is 13.9. The topological polar surface area (TPSA) is 56.7 Å². The Labute approximate surface area is 146 Å². The van der Waals surface area contributed by atoms with Gasteiger partial charge in [-0.05, 0) is 43.8 Å². The number of aliphatic hydroxyl groups is 1. The summed E-state index contributed by atoms with van der Waals surface area (Å²) in [5, 5.41) is 19.0. The van der Waals surface area contributed by atoms with E-state index < -0.39 is 5.60 Å². The molecule has 0 aliphatic heterocycles. The fourth-order valence-corrected chi connectivity index (χ4v) is 3.79. The molecular weight excluding hydrogens is 326 g/mol. The molecule has 126 valence electrons. The van der Waals surface area contributed by atoms with Crippen molar-refractivity contribution >= 4 is 28.6 Å². The van der Waals surface area contributed by atoms with E-state index in [1.54, 1.807) is 22.7 Å². The van der Waals surface area contributed by atoms with E-state index in [0.717, 1.165) is 23.8 Å². The molecule has 4 nitrogen and oxygen atoms in total. The molecular formula is C17H25N3OS2. The van der Waals surface area contributed by atoms with Crippen LogP contribution in [0.25, 0.3) is 0 Å². The lowest BCUT2D eigenvalue weighted by Gasteiger charge is -2.23. The molecule has 2 aromatic rings. The van der Waals surface area contributed by atoms with E-state index in [1.165, 1.54) is 9.75 Å². The third kappa shape index (κ3) is 5.34.